The smallest absolute Gasteiger partial charge is 0.0732 e. The van der Waals surface area contributed by atoms with Crippen LogP contribution in [0.25, 0.3) is 0 Å². The van der Waals surface area contributed by atoms with Gasteiger partial charge < -0.3 is 10.1 Å². The summed E-state index contributed by atoms with van der Waals surface area (Å²) in [5.41, 5.74) is 2.48. The van der Waals surface area contributed by atoms with Crippen molar-refractivity contribution in [1.29, 1.82) is 0 Å². The van der Waals surface area contributed by atoms with E-state index >= 15 is 0 Å². The van der Waals surface area contributed by atoms with Gasteiger partial charge in [0.1, 0.15) is 0 Å². The normalized spacial score (nSPS) is 10.9. The quantitative estimate of drug-likeness (QED) is 0.849. The summed E-state index contributed by atoms with van der Waals surface area (Å²) >= 11 is 5.37. The van der Waals surface area contributed by atoms with Crippen LogP contribution < -0.4 is 5.32 Å². The molecule has 0 amide bonds. The molecule has 0 radical (unpaired) electrons. The number of rotatable bonds is 6. The molecule has 4 heteroatoms. The third-order valence-corrected chi connectivity index (χ3v) is 4.76. The van der Waals surface area contributed by atoms with Crippen LogP contribution in [0.3, 0.4) is 0 Å². The van der Waals surface area contributed by atoms with Crippen molar-refractivity contribution in [3.8, 4) is 0 Å². The average Bonchev–Trinajstić information content (AvgIpc) is 2.73. The van der Waals surface area contributed by atoms with Gasteiger partial charge in [0.05, 0.1) is 13.2 Å². The number of ether oxygens (including phenoxy) is 1. The molecule has 0 fully saturated rings. The highest BCUT2D eigenvalue weighted by atomic mass is 79.9. The van der Waals surface area contributed by atoms with E-state index in [2.05, 4.69) is 40.3 Å². The van der Waals surface area contributed by atoms with Crippen molar-refractivity contribution >= 4 is 27.3 Å². The topological polar surface area (TPSA) is 21.3 Å². The first-order valence-corrected chi connectivity index (χ1v) is 7.85. The molecule has 0 saturated carbocycles. The van der Waals surface area contributed by atoms with Crippen LogP contribution in [0.2, 0.25) is 0 Å². The van der Waals surface area contributed by atoms with Gasteiger partial charge in [0.15, 0.2) is 0 Å². The number of aryl methyl sites for hydroxylation is 1. The number of hydrogen-bond donors (Lipinski definition) is 1. The lowest BCUT2D eigenvalue weighted by Gasteiger charge is -2.06. The van der Waals surface area contributed by atoms with Gasteiger partial charge in [-0.15, -0.1) is 11.3 Å². The standard InChI is InChI=1S/C15H18BrNOS/c1-11-13(7-14(19-11)8-17-2)10-18-9-12-5-3-4-6-15(12)16/h3-7,17H,8-10H2,1-2H3. The van der Waals surface area contributed by atoms with E-state index in [-0.39, 0.29) is 0 Å². The summed E-state index contributed by atoms with van der Waals surface area (Å²) in [6, 6.07) is 10.4. The molecule has 1 heterocycles. The molecule has 0 aliphatic rings. The minimum Gasteiger partial charge on any atom is -0.372 e. The highest BCUT2D eigenvalue weighted by Crippen LogP contribution is 2.23. The third-order valence-electron chi connectivity index (χ3n) is 2.90. The van der Waals surface area contributed by atoms with E-state index in [1.165, 1.54) is 20.9 Å². The average molecular weight is 340 g/mol. The van der Waals surface area contributed by atoms with E-state index in [9.17, 15) is 0 Å². The van der Waals surface area contributed by atoms with Gasteiger partial charge in [0.25, 0.3) is 0 Å². The van der Waals surface area contributed by atoms with Crippen molar-refractivity contribution in [2.45, 2.75) is 26.7 Å². The van der Waals surface area contributed by atoms with Gasteiger partial charge in [0, 0.05) is 20.8 Å². The molecule has 2 aromatic rings. The number of benzene rings is 1. The molecule has 102 valence electrons. The third kappa shape index (κ3) is 4.14. The summed E-state index contributed by atoms with van der Waals surface area (Å²) in [5, 5.41) is 3.18. The first kappa shape index (κ1) is 14.7. The molecule has 1 aromatic carbocycles. The zero-order chi connectivity index (χ0) is 13.7. The maximum Gasteiger partial charge on any atom is 0.0732 e. The van der Waals surface area contributed by atoms with Crippen LogP contribution in [0.1, 0.15) is 20.9 Å². The minimum absolute atomic E-state index is 0.637. The van der Waals surface area contributed by atoms with E-state index in [1.807, 2.05) is 36.6 Å². The summed E-state index contributed by atoms with van der Waals surface area (Å²) in [5.74, 6) is 0. The molecule has 0 saturated heterocycles. The van der Waals surface area contributed by atoms with Crippen molar-refractivity contribution in [3.05, 3.63) is 55.7 Å². The predicted molar refractivity (Wildman–Crippen MR) is 84.5 cm³/mol. The summed E-state index contributed by atoms with van der Waals surface area (Å²) in [6.07, 6.45) is 0. The Bertz CT molecular complexity index is 539. The molecule has 0 spiro atoms. The van der Waals surface area contributed by atoms with Gasteiger partial charge in [0.2, 0.25) is 0 Å². The van der Waals surface area contributed by atoms with E-state index in [4.69, 9.17) is 4.74 Å². The molecule has 19 heavy (non-hydrogen) atoms. The van der Waals surface area contributed by atoms with Crippen LogP contribution in [-0.2, 0) is 24.5 Å². The Balaban J connectivity index is 1.90. The van der Waals surface area contributed by atoms with Gasteiger partial charge in [-0.25, -0.2) is 0 Å². The Morgan fingerprint density at radius 3 is 2.68 bits per heavy atom. The van der Waals surface area contributed by atoms with E-state index < -0.39 is 0 Å². The molecule has 2 rings (SSSR count). The van der Waals surface area contributed by atoms with Crippen LogP contribution in [0, 0.1) is 6.92 Å². The molecule has 0 bridgehead atoms. The first-order chi connectivity index (χ1) is 9.20. The molecule has 1 N–H and O–H groups in total. The summed E-state index contributed by atoms with van der Waals surface area (Å²) in [4.78, 5) is 2.71. The van der Waals surface area contributed by atoms with Gasteiger partial charge in [-0.2, -0.15) is 0 Å². The van der Waals surface area contributed by atoms with Crippen LogP contribution in [0.15, 0.2) is 34.8 Å². The largest absolute Gasteiger partial charge is 0.372 e. The Morgan fingerprint density at radius 1 is 1.21 bits per heavy atom. The highest BCUT2D eigenvalue weighted by molar-refractivity contribution is 9.10. The van der Waals surface area contributed by atoms with Gasteiger partial charge in [-0.05, 0) is 37.2 Å². The Labute approximate surface area is 126 Å². The molecule has 0 atom stereocenters. The zero-order valence-corrected chi connectivity index (χ0v) is 13.6. The fraction of sp³-hybridized carbons (Fsp3) is 0.333. The SMILES string of the molecule is CNCc1cc(COCc2ccccc2Br)c(C)s1. The lowest BCUT2D eigenvalue weighted by atomic mass is 10.2. The number of halogens is 1. The van der Waals surface area contributed by atoms with Crippen molar-refractivity contribution in [2.24, 2.45) is 0 Å². The predicted octanol–water partition coefficient (Wildman–Crippen LogP) is 4.26. The molecule has 0 aliphatic carbocycles. The highest BCUT2D eigenvalue weighted by Gasteiger charge is 2.06. The van der Waals surface area contributed by atoms with Crippen LogP contribution in [0.5, 0.6) is 0 Å². The van der Waals surface area contributed by atoms with Gasteiger partial charge in [-0.3, -0.25) is 0 Å². The number of nitrogens with one attached hydrogen (secondary N) is 1. The first-order valence-electron chi connectivity index (χ1n) is 6.24. The fourth-order valence-corrected chi connectivity index (χ4v) is 3.34. The molecular formula is C15H18BrNOS. The van der Waals surface area contributed by atoms with Crippen molar-refractivity contribution < 1.29 is 4.74 Å². The summed E-state index contributed by atoms with van der Waals surface area (Å²) < 4.78 is 6.92. The molecule has 0 unspecified atom stereocenters. The van der Waals surface area contributed by atoms with Crippen molar-refractivity contribution in [2.75, 3.05) is 7.05 Å². The second kappa shape index (κ2) is 7.20. The Kier molecular flexibility index (Phi) is 5.58. The van der Waals surface area contributed by atoms with Gasteiger partial charge >= 0.3 is 0 Å². The summed E-state index contributed by atoms with van der Waals surface area (Å²) in [6.45, 7) is 4.39. The Hall–Kier alpha value is -0.680. The molecular weight excluding hydrogens is 322 g/mol. The number of thiophene rings is 1. The van der Waals surface area contributed by atoms with Crippen LogP contribution in [-0.4, -0.2) is 7.05 Å². The second-order valence-corrected chi connectivity index (χ2v) is 6.60. The van der Waals surface area contributed by atoms with E-state index in [0.29, 0.717) is 13.2 Å². The fourth-order valence-electron chi connectivity index (χ4n) is 1.88. The summed E-state index contributed by atoms with van der Waals surface area (Å²) in [7, 11) is 1.97. The molecule has 0 aliphatic heterocycles. The van der Waals surface area contributed by atoms with E-state index in [0.717, 1.165) is 11.0 Å². The number of hydrogen-bond acceptors (Lipinski definition) is 3. The second-order valence-electron chi connectivity index (χ2n) is 4.41. The van der Waals surface area contributed by atoms with Gasteiger partial charge in [-0.1, -0.05) is 34.1 Å². The van der Waals surface area contributed by atoms with Crippen LogP contribution in [0.4, 0.5) is 0 Å². The van der Waals surface area contributed by atoms with Crippen molar-refractivity contribution in [1.82, 2.24) is 5.32 Å². The zero-order valence-electron chi connectivity index (χ0n) is 11.2. The van der Waals surface area contributed by atoms with E-state index in [1.54, 1.807) is 0 Å². The lowest BCUT2D eigenvalue weighted by molar-refractivity contribution is 0.106. The molecule has 2 nitrogen and oxygen atoms in total. The maximum absolute atomic E-state index is 5.82. The monoisotopic (exact) mass is 339 g/mol. The minimum atomic E-state index is 0.637. The maximum atomic E-state index is 5.82. The van der Waals surface area contributed by atoms with Crippen molar-refractivity contribution in [3.63, 3.8) is 0 Å². The lowest BCUT2D eigenvalue weighted by Crippen LogP contribution is -2.02. The molecule has 1 aromatic heterocycles. The van der Waals surface area contributed by atoms with Crippen LogP contribution >= 0.6 is 27.3 Å². The Morgan fingerprint density at radius 2 is 1.95 bits per heavy atom.